The van der Waals surface area contributed by atoms with Crippen LogP contribution in [0.4, 0.5) is 0 Å². The first-order valence-corrected chi connectivity index (χ1v) is 29.5. The van der Waals surface area contributed by atoms with Crippen LogP contribution in [0, 0.1) is 5.41 Å². The second-order valence-electron chi connectivity index (χ2n) is 31.6. The molecule has 0 saturated heterocycles. The van der Waals surface area contributed by atoms with Crippen molar-refractivity contribution in [2.45, 2.75) is 261 Å². The fraction of sp³-hybridized carbons (Fsp3) is 0.620. The molecule has 0 bridgehead atoms. The van der Waals surface area contributed by atoms with Gasteiger partial charge in [0.2, 0.25) is 0 Å². The Balaban J connectivity index is 1.81. The molecular formula is C71H106O10. The quantitative estimate of drug-likeness (QED) is 0.0558. The summed E-state index contributed by atoms with van der Waals surface area (Å²) in [5.74, 6) is -0.433. The second kappa shape index (κ2) is 24.8. The first kappa shape index (κ1) is 68.0. The molecule has 0 fully saturated rings. The van der Waals surface area contributed by atoms with E-state index in [1.807, 2.05) is 48.5 Å². The highest BCUT2D eigenvalue weighted by Gasteiger charge is 2.38. The molecule has 4 aromatic carbocycles. The molecule has 4 aromatic rings. The number of hydrogen-bond acceptors (Lipinski definition) is 10. The number of carbonyl (C=O) groups is 3. The van der Waals surface area contributed by atoms with Gasteiger partial charge in [-0.15, -0.1) is 0 Å². The number of phenols is 4. The number of benzene rings is 4. The maximum Gasteiger partial charge on any atom is 0.306 e. The summed E-state index contributed by atoms with van der Waals surface area (Å²) in [5, 5.41) is 46.0. The normalized spacial score (nSPS) is 13.3. The zero-order chi connectivity index (χ0) is 62.0. The second-order valence-corrected chi connectivity index (χ2v) is 31.6. The monoisotopic (exact) mass is 1120 g/mol. The van der Waals surface area contributed by atoms with Crippen LogP contribution in [0.5, 0.6) is 23.0 Å². The molecule has 4 rings (SSSR count). The fourth-order valence-electron chi connectivity index (χ4n) is 10.3. The number of aromatic hydroxyl groups is 4. The molecule has 81 heavy (non-hydrogen) atoms. The molecule has 0 aliphatic rings. The Hall–Kier alpha value is -5.51. The summed E-state index contributed by atoms with van der Waals surface area (Å²) in [5.41, 5.74) is 5.71. The van der Waals surface area contributed by atoms with Crippen molar-refractivity contribution in [2.75, 3.05) is 19.8 Å². The van der Waals surface area contributed by atoms with Crippen molar-refractivity contribution >= 4 is 17.9 Å². The lowest BCUT2D eigenvalue weighted by atomic mass is 9.77. The lowest BCUT2D eigenvalue weighted by Gasteiger charge is -2.33. The molecule has 0 aliphatic heterocycles. The van der Waals surface area contributed by atoms with Crippen molar-refractivity contribution in [3.63, 3.8) is 0 Å². The van der Waals surface area contributed by atoms with Gasteiger partial charge in [-0.25, -0.2) is 0 Å². The van der Waals surface area contributed by atoms with Crippen molar-refractivity contribution in [2.24, 2.45) is 5.41 Å². The van der Waals surface area contributed by atoms with Gasteiger partial charge in [-0.05, 0) is 142 Å². The molecule has 0 unspecified atom stereocenters. The Morgan fingerprint density at radius 1 is 0.296 bits per heavy atom. The lowest BCUT2D eigenvalue weighted by molar-refractivity contribution is -0.162. The van der Waals surface area contributed by atoms with E-state index in [9.17, 15) is 34.8 Å². The molecule has 0 aliphatic carbocycles. The van der Waals surface area contributed by atoms with Gasteiger partial charge in [0.1, 0.15) is 42.8 Å². The summed E-state index contributed by atoms with van der Waals surface area (Å²) in [6, 6.07) is 15.8. The smallest absolute Gasteiger partial charge is 0.306 e. The number of carbonyl (C=O) groups excluding carboxylic acids is 3. The first-order valence-electron chi connectivity index (χ1n) is 29.5. The van der Waals surface area contributed by atoms with Gasteiger partial charge in [-0.3, -0.25) is 14.4 Å². The lowest BCUT2D eigenvalue weighted by Crippen LogP contribution is -2.40. The van der Waals surface area contributed by atoms with Gasteiger partial charge in [0.15, 0.2) is 0 Å². The summed E-state index contributed by atoms with van der Waals surface area (Å²) in [6.07, 6.45) is 1.77. The van der Waals surface area contributed by atoms with E-state index in [4.69, 9.17) is 14.2 Å². The van der Waals surface area contributed by atoms with E-state index in [1.165, 1.54) is 0 Å². The van der Waals surface area contributed by atoms with Crippen LogP contribution in [0.3, 0.4) is 0 Å². The maximum absolute atomic E-state index is 14.2. The molecular weight excluding hydrogens is 1010 g/mol. The van der Waals surface area contributed by atoms with E-state index in [1.54, 1.807) is 0 Å². The highest BCUT2D eigenvalue weighted by atomic mass is 16.6. The zero-order valence-corrected chi connectivity index (χ0v) is 54.6. The minimum absolute atomic E-state index is 0.0227. The van der Waals surface area contributed by atoms with E-state index in [0.717, 1.165) is 66.8 Å². The number of phenolic OH excluding ortho intramolecular Hbond substituents is 4. The van der Waals surface area contributed by atoms with Gasteiger partial charge in [0, 0.05) is 19.3 Å². The number of hydrogen-bond donors (Lipinski definition) is 4. The minimum atomic E-state index is -1.23. The zero-order valence-electron chi connectivity index (χ0n) is 54.6. The van der Waals surface area contributed by atoms with Crippen LogP contribution in [0.1, 0.15) is 259 Å². The van der Waals surface area contributed by atoms with Gasteiger partial charge in [-0.1, -0.05) is 215 Å². The molecule has 450 valence electrons. The topological polar surface area (TPSA) is 160 Å². The Bertz CT molecular complexity index is 2490. The van der Waals surface area contributed by atoms with Gasteiger partial charge in [0.05, 0.1) is 5.41 Å². The van der Waals surface area contributed by atoms with Crippen molar-refractivity contribution in [1.29, 1.82) is 0 Å². The Labute approximate surface area is 489 Å². The average Bonchev–Trinajstić information content (AvgIpc) is 3.29. The highest BCUT2D eigenvalue weighted by molar-refractivity contribution is 5.71. The highest BCUT2D eigenvalue weighted by Crippen LogP contribution is 2.45. The van der Waals surface area contributed by atoms with E-state index in [2.05, 4.69) is 166 Å². The third-order valence-corrected chi connectivity index (χ3v) is 15.6. The minimum Gasteiger partial charge on any atom is -0.507 e. The molecule has 10 heteroatoms. The van der Waals surface area contributed by atoms with Crippen molar-refractivity contribution in [3.05, 3.63) is 115 Å². The molecule has 4 N–H and O–H groups in total. The standard InChI is InChI=1S/C71H106O10/c1-63(2,3)48-33-44(34-49(59(48)75)64(4,5)6)25-28-56(72)79-41-71(32-31-47-39-54(69(19,20)21)62(78)55(40-47)70(22,23)24,42-80-57(73)29-26-45-35-50(65(7,8)9)60(76)51(36-45)66(10,11)12)43-81-58(74)30-27-46-37-52(67(13,14)15)61(77)53(38-46)68(16,17)18/h33-40,75-78H,25-32,41-43H2,1-24H3. The molecule has 0 heterocycles. The third kappa shape index (κ3) is 18.5. The molecule has 0 saturated carbocycles. The van der Waals surface area contributed by atoms with Crippen LogP contribution in [0.2, 0.25) is 0 Å². The molecule has 0 spiro atoms. The summed E-state index contributed by atoms with van der Waals surface area (Å²) in [7, 11) is 0. The summed E-state index contributed by atoms with van der Waals surface area (Å²) in [6.45, 7) is 48.6. The Kier molecular flexibility index (Phi) is 20.8. The van der Waals surface area contributed by atoms with Gasteiger partial charge >= 0.3 is 17.9 Å². The molecule has 10 nitrogen and oxygen atoms in total. The first-order chi connectivity index (χ1) is 36.5. The average molecular weight is 1120 g/mol. The maximum atomic E-state index is 14.2. The van der Waals surface area contributed by atoms with Crippen molar-refractivity contribution in [3.8, 4) is 23.0 Å². The molecule has 0 radical (unpaired) electrons. The van der Waals surface area contributed by atoms with E-state index in [-0.39, 0.29) is 101 Å². The van der Waals surface area contributed by atoms with Gasteiger partial charge in [0.25, 0.3) is 0 Å². The van der Waals surface area contributed by atoms with Gasteiger partial charge < -0.3 is 34.6 Å². The van der Waals surface area contributed by atoms with Crippen LogP contribution in [0.25, 0.3) is 0 Å². The van der Waals surface area contributed by atoms with E-state index in [0.29, 0.717) is 25.7 Å². The molecule has 0 atom stereocenters. The van der Waals surface area contributed by atoms with Crippen LogP contribution in [-0.4, -0.2) is 58.2 Å². The predicted molar refractivity (Wildman–Crippen MR) is 331 cm³/mol. The SMILES string of the molecule is CC(C)(C)c1cc(CCC(=O)OCC(CCc2cc(C(C)(C)C)c(O)c(C(C)(C)C)c2)(COC(=O)CCc2cc(C(C)(C)C)c(O)c(C(C)(C)C)c2)COC(=O)CCc2cc(C(C)(C)C)c(O)c(C(C)(C)C)c2)cc(C(C)(C)C)c1O. The van der Waals surface area contributed by atoms with E-state index < -0.39 is 34.2 Å². The van der Waals surface area contributed by atoms with Crippen LogP contribution >= 0.6 is 0 Å². The van der Waals surface area contributed by atoms with Crippen molar-refractivity contribution < 1.29 is 49.0 Å². The van der Waals surface area contributed by atoms with Crippen LogP contribution in [-0.2, 0) is 97.6 Å². The summed E-state index contributed by atoms with van der Waals surface area (Å²) < 4.78 is 18.8. The van der Waals surface area contributed by atoms with Crippen LogP contribution < -0.4 is 0 Å². The number of ether oxygens (including phenoxy) is 3. The number of esters is 3. The fourth-order valence-corrected chi connectivity index (χ4v) is 10.3. The van der Waals surface area contributed by atoms with Crippen molar-refractivity contribution in [1.82, 2.24) is 0 Å². The summed E-state index contributed by atoms with van der Waals surface area (Å²) in [4.78, 5) is 42.6. The number of aryl methyl sites for hydroxylation is 4. The van der Waals surface area contributed by atoms with Crippen LogP contribution in [0.15, 0.2) is 48.5 Å². The van der Waals surface area contributed by atoms with Gasteiger partial charge in [-0.2, -0.15) is 0 Å². The summed E-state index contributed by atoms with van der Waals surface area (Å²) >= 11 is 0. The largest absolute Gasteiger partial charge is 0.507 e. The molecule has 0 amide bonds. The predicted octanol–water partition coefficient (Wildman–Crippen LogP) is 16.3. The Morgan fingerprint density at radius 2 is 0.457 bits per heavy atom. The van der Waals surface area contributed by atoms with E-state index >= 15 is 0 Å². The molecule has 0 aromatic heterocycles. The third-order valence-electron chi connectivity index (χ3n) is 15.6. The Morgan fingerprint density at radius 3 is 0.617 bits per heavy atom. The number of rotatable bonds is 18.